The number of aromatic nitrogens is 1. The van der Waals surface area contributed by atoms with E-state index in [1.54, 1.807) is 11.5 Å². The number of primary amides is 1. The van der Waals surface area contributed by atoms with Crippen LogP contribution in [0.5, 0.6) is 0 Å². The largest absolute Gasteiger partial charge is 0.366 e. The molecule has 1 aromatic heterocycles. The van der Waals surface area contributed by atoms with Crippen molar-refractivity contribution >= 4 is 18.0 Å². The molecule has 0 aromatic carbocycles. The molecular formula is C11H12N2O3. The molecule has 0 atom stereocenters. The Morgan fingerprint density at radius 3 is 2.69 bits per heavy atom. The molecule has 2 heterocycles. The highest BCUT2D eigenvalue weighted by molar-refractivity contribution is 6.33. The van der Waals surface area contributed by atoms with E-state index >= 15 is 0 Å². The minimum Gasteiger partial charge on any atom is -0.366 e. The molecule has 1 aromatic rings. The van der Waals surface area contributed by atoms with Gasteiger partial charge in [-0.25, -0.2) is 0 Å². The predicted octanol–water partition coefficient (Wildman–Crippen LogP) is 0.223. The summed E-state index contributed by atoms with van der Waals surface area (Å²) in [5.74, 6) is -1.12. The van der Waals surface area contributed by atoms with Gasteiger partial charge in [0.15, 0.2) is 6.29 Å². The van der Waals surface area contributed by atoms with Crippen molar-refractivity contribution < 1.29 is 14.4 Å². The summed E-state index contributed by atoms with van der Waals surface area (Å²) in [6.07, 6.45) is 1.87. The van der Waals surface area contributed by atoms with Crippen LogP contribution in [0.15, 0.2) is 0 Å². The standard InChI is InChI=1S/C11H12N2O3/c1-6-9(11(12)16)7-3-2-4-13(7)10(6)8(15)5-14/h5H,2-4H2,1H3,(H2,12,16). The molecule has 0 aliphatic carbocycles. The van der Waals surface area contributed by atoms with Gasteiger partial charge in [-0.2, -0.15) is 0 Å². The Bertz CT molecular complexity index is 500. The van der Waals surface area contributed by atoms with Crippen molar-refractivity contribution in [3.8, 4) is 0 Å². The zero-order chi connectivity index (χ0) is 11.9. The quantitative estimate of drug-likeness (QED) is 0.449. The van der Waals surface area contributed by atoms with E-state index < -0.39 is 11.7 Å². The van der Waals surface area contributed by atoms with Crippen molar-refractivity contribution in [1.82, 2.24) is 4.57 Å². The zero-order valence-electron chi connectivity index (χ0n) is 8.95. The number of aldehydes is 1. The summed E-state index contributed by atoms with van der Waals surface area (Å²) >= 11 is 0. The lowest BCUT2D eigenvalue weighted by molar-refractivity contribution is -0.104. The normalized spacial score (nSPS) is 13.6. The van der Waals surface area contributed by atoms with Crippen LogP contribution in [0, 0.1) is 6.92 Å². The van der Waals surface area contributed by atoms with Gasteiger partial charge in [-0.1, -0.05) is 0 Å². The Kier molecular flexibility index (Phi) is 2.38. The van der Waals surface area contributed by atoms with Crippen LogP contribution in [0.25, 0.3) is 0 Å². The minimum absolute atomic E-state index is 0.276. The van der Waals surface area contributed by atoms with Crippen molar-refractivity contribution in [2.75, 3.05) is 0 Å². The Morgan fingerprint density at radius 1 is 1.44 bits per heavy atom. The van der Waals surface area contributed by atoms with Crippen molar-refractivity contribution in [3.63, 3.8) is 0 Å². The number of fused-ring (bicyclic) bond motifs is 1. The summed E-state index contributed by atoms with van der Waals surface area (Å²) in [4.78, 5) is 33.4. The van der Waals surface area contributed by atoms with Gasteiger partial charge >= 0.3 is 0 Å². The molecule has 0 fully saturated rings. The number of nitrogens with two attached hydrogens (primary N) is 1. The predicted molar refractivity (Wildman–Crippen MR) is 56.4 cm³/mol. The molecule has 0 radical (unpaired) electrons. The smallest absolute Gasteiger partial charge is 0.250 e. The molecule has 2 rings (SSSR count). The summed E-state index contributed by atoms with van der Waals surface area (Å²) in [7, 11) is 0. The number of carbonyl (C=O) groups excluding carboxylic acids is 3. The average Bonchev–Trinajstić information content (AvgIpc) is 2.75. The monoisotopic (exact) mass is 220 g/mol. The van der Waals surface area contributed by atoms with Gasteiger partial charge in [-0.15, -0.1) is 0 Å². The highest BCUT2D eigenvalue weighted by Crippen LogP contribution is 2.28. The van der Waals surface area contributed by atoms with E-state index in [1.165, 1.54) is 0 Å². The molecule has 1 amide bonds. The average molecular weight is 220 g/mol. The third-order valence-corrected chi connectivity index (χ3v) is 3.00. The molecule has 16 heavy (non-hydrogen) atoms. The summed E-state index contributed by atoms with van der Waals surface area (Å²) in [6.45, 7) is 2.32. The van der Waals surface area contributed by atoms with Gasteiger partial charge in [0.1, 0.15) is 0 Å². The van der Waals surface area contributed by atoms with E-state index in [-0.39, 0.29) is 6.29 Å². The first-order chi connectivity index (χ1) is 7.57. The van der Waals surface area contributed by atoms with Crippen molar-refractivity contribution in [2.45, 2.75) is 26.3 Å². The highest BCUT2D eigenvalue weighted by Gasteiger charge is 2.29. The van der Waals surface area contributed by atoms with E-state index in [0.717, 1.165) is 18.5 Å². The fraction of sp³-hybridized carbons (Fsp3) is 0.364. The lowest BCUT2D eigenvalue weighted by Crippen LogP contribution is -2.14. The Labute approximate surface area is 92.2 Å². The Balaban J connectivity index is 2.71. The van der Waals surface area contributed by atoms with Gasteiger partial charge in [0.2, 0.25) is 5.78 Å². The summed E-state index contributed by atoms with van der Waals surface area (Å²) in [5, 5.41) is 0. The molecule has 2 N–H and O–H groups in total. The zero-order valence-corrected chi connectivity index (χ0v) is 8.95. The minimum atomic E-state index is -0.590. The molecule has 1 aliphatic rings. The fourth-order valence-corrected chi connectivity index (χ4v) is 2.42. The second-order valence-corrected chi connectivity index (χ2v) is 3.90. The number of rotatable bonds is 3. The van der Waals surface area contributed by atoms with Crippen LogP contribution in [-0.2, 0) is 17.8 Å². The van der Waals surface area contributed by atoms with E-state index in [4.69, 9.17) is 5.73 Å². The molecule has 0 spiro atoms. The first-order valence-corrected chi connectivity index (χ1v) is 5.09. The lowest BCUT2D eigenvalue weighted by atomic mass is 10.1. The maximum absolute atomic E-state index is 11.5. The van der Waals surface area contributed by atoms with Gasteiger partial charge < -0.3 is 10.3 Å². The highest BCUT2D eigenvalue weighted by atomic mass is 16.2. The summed E-state index contributed by atoms with van der Waals surface area (Å²) < 4.78 is 1.74. The summed E-state index contributed by atoms with van der Waals surface area (Å²) in [6, 6.07) is 0. The Hall–Kier alpha value is -1.91. The first-order valence-electron chi connectivity index (χ1n) is 5.09. The third-order valence-electron chi connectivity index (χ3n) is 3.00. The van der Waals surface area contributed by atoms with Gasteiger partial charge in [0.05, 0.1) is 11.3 Å². The number of hydrogen-bond donors (Lipinski definition) is 1. The molecular weight excluding hydrogens is 208 g/mol. The number of nitrogens with zero attached hydrogens (tertiary/aromatic N) is 1. The maximum Gasteiger partial charge on any atom is 0.250 e. The van der Waals surface area contributed by atoms with Gasteiger partial charge in [-0.3, -0.25) is 14.4 Å². The molecule has 5 heteroatoms. The molecule has 0 saturated carbocycles. The first kappa shape index (κ1) is 10.6. The van der Waals surface area contributed by atoms with E-state index in [0.29, 0.717) is 23.4 Å². The molecule has 0 saturated heterocycles. The molecule has 0 bridgehead atoms. The number of hydrogen-bond acceptors (Lipinski definition) is 3. The maximum atomic E-state index is 11.5. The van der Waals surface area contributed by atoms with Gasteiger partial charge in [0.25, 0.3) is 5.91 Å². The molecule has 5 nitrogen and oxygen atoms in total. The van der Waals surface area contributed by atoms with Crippen molar-refractivity contribution in [2.24, 2.45) is 5.73 Å². The Morgan fingerprint density at radius 2 is 2.12 bits per heavy atom. The van der Waals surface area contributed by atoms with E-state index in [1.807, 2.05) is 0 Å². The topological polar surface area (TPSA) is 82.2 Å². The lowest BCUT2D eigenvalue weighted by Gasteiger charge is -2.01. The number of Topliss-reactive ketones (excluding diaryl/α,β-unsaturated/α-hetero) is 1. The SMILES string of the molecule is Cc1c(C(N)=O)c2n(c1C(=O)C=O)CCC2. The van der Waals surface area contributed by atoms with Crippen molar-refractivity contribution in [1.29, 1.82) is 0 Å². The molecule has 0 unspecified atom stereocenters. The van der Waals surface area contributed by atoms with Crippen LogP contribution in [-0.4, -0.2) is 22.5 Å². The molecule has 1 aliphatic heterocycles. The third kappa shape index (κ3) is 1.28. The van der Waals surface area contributed by atoms with Gasteiger partial charge in [0, 0.05) is 12.2 Å². The second-order valence-electron chi connectivity index (χ2n) is 3.90. The van der Waals surface area contributed by atoms with Crippen LogP contribution >= 0.6 is 0 Å². The number of carbonyl (C=O) groups is 3. The van der Waals surface area contributed by atoms with E-state index in [9.17, 15) is 14.4 Å². The fourth-order valence-electron chi connectivity index (χ4n) is 2.42. The van der Waals surface area contributed by atoms with Crippen LogP contribution in [0.4, 0.5) is 0 Å². The van der Waals surface area contributed by atoms with Crippen LogP contribution < -0.4 is 5.73 Å². The molecule has 84 valence electrons. The van der Waals surface area contributed by atoms with E-state index in [2.05, 4.69) is 0 Å². The van der Waals surface area contributed by atoms with Crippen molar-refractivity contribution in [3.05, 3.63) is 22.5 Å². The summed E-state index contributed by atoms with van der Waals surface area (Å²) in [5.41, 5.74) is 7.33. The second kappa shape index (κ2) is 3.59. The van der Waals surface area contributed by atoms with Crippen LogP contribution in [0.2, 0.25) is 0 Å². The number of ketones is 1. The number of amides is 1. The van der Waals surface area contributed by atoms with Crippen LogP contribution in [0.3, 0.4) is 0 Å². The van der Waals surface area contributed by atoms with Crippen LogP contribution in [0.1, 0.15) is 38.5 Å². The van der Waals surface area contributed by atoms with Gasteiger partial charge in [-0.05, 0) is 25.3 Å².